The summed E-state index contributed by atoms with van der Waals surface area (Å²) >= 11 is 3.44. The van der Waals surface area contributed by atoms with Crippen LogP contribution >= 0.6 is 15.9 Å². The zero-order chi connectivity index (χ0) is 12.8. The number of hydrogen-bond acceptors (Lipinski definition) is 2. The van der Waals surface area contributed by atoms with Crippen LogP contribution in [0.2, 0.25) is 0 Å². The maximum absolute atomic E-state index is 10.3. The Kier molecular flexibility index (Phi) is 3.15. The number of fused-ring (bicyclic) bond motifs is 1. The SMILES string of the molecule is CC1(CC2CCC2)C[C@@H](O)c2cc(Br)ccc2O1. The molecule has 1 aromatic rings. The van der Waals surface area contributed by atoms with Gasteiger partial charge in [-0.25, -0.2) is 0 Å². The van der Waals surface area contributed by atoms with Crippen molar-refractivity contribution >= 4 is 15.9 Å². The van der Waals surface area contributed by atoms with E-state index in [-0.39, 0.29) is 5.60 Å². The quantitative estimate of drug-likeness (QED) is 0.886. The Labute approximate surface area is 116 Å². The first kappa shape index (κ1) is 12.5. The first-order valence-electron chi connectivity index (χ1n) is 6.72. The smallest absolute Gasteiger partial charge is 0.126 e. The first-order chi connectivity index (χ1) is 8.56. The van der Waals surface area contributed by atoms with Crippen molar-refractivity contribution in [3.63, 3.8) is 0 Å². The van der Waals surface area contributed by atoms with Crippen LogP contribution in [0.5, 0.6) is 5.75 Å². The highest BCUT2D eigenvalue weighted by Gasteiger charge is 2.39. The largest absolute Gasteiger partial charge is 0.487 e. The molecule has 1 aliphatic heterocycles. The van der Waals surface area contributed by atoms with E-state index in [1.807, 2.05) is 18.2 Å². The number of halogens is 1. The van der Waals surface area contributed by atoms with Crippen molar-refractivity contribution < 1.29 is 9.84 Å². The fourth-order valence-corrected chi connectivity index (χ4v) is 3.51. The average Bonchev–Trinajstić information content (AvgIpc) is 2.25. The van der Waals surface area contributed by atoms with Crippen LogP contribution in [-0.2, 0) is 0 Å². The molecule has 1 saturated carbocycles. The lowest BCUT2D eigenvalue weighted by Gasteiger charge is -2.42. The molecule has 98 valence electrons. The van der Waals surface area contributed by atoms with Crippen LogP contribution in [-0.4, -0.2) is 10.7 Å². The molecule has 0 amide bonds. The minimum Gasteiger partial charge on any atom is -0.487 e. The molecule has 0 aromatic heterocycles. The lowest BCUT2D eigenvalue weighted by atomic mass is 9.75. The van der Waals surface area contributed by atoms with Crippen molar-refractivity contribution in [3.8, 4) is 5.75 Å². The number of benzene rings is 1. The van der Waals surface area contributed by atoms with Crippen LogP contribution in [0, 0.1) is 5.92 Å². The van der Waals surface area contributed by atoms with Gasteiger partial charge >= 0.3 is 0 Å². The number of hydrogen-bond donors (Lipinski definition) is 1. The number of aliphatic hydroxyl groups excluding tert-OH is 1. The van der Waals surface area contributed by atoms with Gasteiger partial charge in [-0.2, -0.15) is 0 Å². The second-order valence-electron chi connectivity index (χ2n) is 5.96. The van der Waals surface area contributed by atoms with E-state index >= 15 is 0 Å². The summed E-state index contributed by atoms with van der Waals surface area (Å²) in [5, 5.41) is 10.3. The van der Waals surface area contributed by atoms with Gasteiger partial charge < -0.3 is 9.84 Å². The van der Waals surface area contributed by atoms with E-state index in [0.29, 0.717) is 6.42 Å². The molecule has 18 heavy (non-hydrogen) atoms. The Morgan fingerprint density at radius 1 is 1.44 bits per heavy atom. The second-order valence-corrected chi connectivity index (χ2v) is 6.87. The number of rotatable bonds is 2. The molecule has 0 bridgehead atoms. The van der Waals surface area contributed by atoms with Gasteiger partial charge in [-0.15, -0.1) is 0 Å². The predicted octanol–water partition coefficient (Wildman–Crippen LogP) is 4.21. The van der Waals surface area contributed by atoms with Crippen molar-refractivity contribution in [1.29, 1.82) is 0 Å². The molecule has 1 heterocycles. The molecule has 1 aromatic carbocycles. The minimum absolute atomic E-state index is 0.203. The summed E-state index contributed by atoms with van der Waals surface area (Å²) in [6.45, 7) is 2.14. The lowest BCUT2D eigenvalue weighted by Crippen LogP contribution is -2.41. The van der Waals surface area contributed by atoms with Crippen LogP contribution in [0.25, 0.3) is 0 Å². The van der Waals surface area contributed by atoms with E-state index in [9.17, 15) is 5.11 Å². The summed E-state index contributed by atoms with van der Waals surface area (Å²) in [4.78, 5) is 0. The molecular weight excluding hydrogens is 292 g/mol. The third-order valence-electron chi connectivity index (χ3n) is 4.26. The van der Waals surface area contributed by atoms with E-state index in [0.717, 1.165) is 28.1 Å². The van der Waals surface area contributed by atoms with Crippen molar-refractivity contribution in [1.82, 2.24) is 0 Å². The molecule has 0 spiro atoms. The molecule has 1 fully saturated rings. The van der Waals surface area contributed by atoms with Crippen LogP contribution in [0.15, 0.2) is 22.7 Å². The molecule has 2 aliphatic rings. The van der Waals surface area contributed by atoms with Gasteiger partial charge in [0, 0.05) is 16.5 Å². The van der Waals surface area contributed by atoms with Gasteiger partial charge in [0.05, 0.1) is 6.10 Å². The van der Waals surface area contributed by atoms with Crippen LogP contribution in [0.3, 0.4) is 0 Å². The van der Waals surface area contributed by atoms with Crippen molar-refractivity contribution in [2.75, 3.05) is 0 Å². The molecule has 1 aliphatic carbocycles. The summed E-state index contributed by atoms with van der Waals surface area (Å²) in [5.74, 6) is 1.64. The highest BCUT2D eigenvalue weighted by Crippen LogP contribution is 2.45. The number of ether oxygens (including phenoxy) is 1. The molecule has 0 radical (unpaired) electrons. The van der Waals surface area contributed by atoms with E-state index < -0.39 is 6.10 Å². The topological polar surface area (TPSA) is 29.5 Å². The van der Waals surface area contributed by atoms with Crippen molar-refractivity contribution in [2.45, 2.75) is 50.7 Å². The zero-order valence-electron chi connectivity index (χ0n) is 10.7. The zero-order valence-corrected chi connectivity index (χ0v) is 12.2. The molecule has 1 unspecified atom stereocenters. The van der Waals surface area contributed by atoms with Crippen LogP contribution in [0.4, 0.5) is 0 Å². The molecule has 3 heteroatoms. The Balaban J connectivity index is 1.83. The highest BCUT2D eigenvalue weighted by molar-refractivity contribution is 9.10. The average molecular weight is 311 g/mol. The predicted molar refractivity (Wildman–Crippen MR) is 74.7 cm³/mol. The van der Waals surface area contributed by atoms with Gasteiger partial charge in [-0.05, 0) is 37.5 Å². The van der Waals surface area contributed by atoms with Gasteiger partial charge in [-0.3, -0.25) is 0 Å². The maximum atomic E-state index is 10.3. The number of aliphatic hydroxyl groups is 1. The van der Waals surface area contributed by atoms with Gasteiger partial charge in [0.1, 0.15) is 11.4 Å². The van der Waals surface area contributed by atoms with E-state index in [2.05, 4.69) is 22.9 Å². The molecular formula is C15H19BrO2. The molecule has 1 N–H and O–H groups in total. The molecule has 2 atom stereocenters. The van der Waals surface area contributed by atoms with Crippen molar-refractivity contribution in [3.05, 3.63) is 28.2 Å². The third-order valence-corrected chi connectivity index (χ3v) is 4.75. The summed E-state index contributed by atoms with van der Waals surface area (Å²) in [7, 11) is 0. The standard InChI is InChI=1S/C15H19BrO2/c1-15(8-10-3-2-4-10)9-13(17)12-7-11(16)5-6-14(12)18-15/h5-7,10,13,17H,2-4,8-9H2,1H3/t13-,15?/m1/s1. The van der Waals surface area contributed by atoms with E-state index in [1.165, 1.54) is 19.3 Å². The summed E-state index contributed by atoms with van der Waals surface area (Å²) < 4.78 is 7.16. The Morgan fingerprint density at radius 2 is 2.22 bits per heavy atom. The Morgan fingerprint density at radius 3 is 2.89 bits per heavy atom. The lowest BCUT2D eigenvalue weighted by molar-refractivity contribution is -0.0248. The van der Waals surface area contributed by atoms with Gasteiger partial charge in [0.25, 0.3) is 0 Å². The monoisotopic (exact) mass is 310 g/mol. The van der Waals surface area contributed by atoms with Crippen molar-refractivity contribution in [2.24, 2.45) is 5.92 Å². The van der Waals surface area contributed by atoms with E-state index in [1.54, 1.807) is 0 Å². The fraction of sp³-hybridized carbons (Fsp3) is 0.600. The second kappa shape index (κ2) is 4.53. The minimum atomic E-state index is -0.406. The fourth-order valence-electron chi connectivity index (χ4n) is 3.13. The highest BCUT2D eigenvalue weighted by atomic mass is 79.9. The third kappa shape index (κ3) is 2.30. The molecule has 0 saturated heterocycles. The van der Waals surface area contributed by atoms with Crippen LogP contribution < -0.4 is 4.74 Å². The maximum Gasteiger partial charge on any atom is 0.126 e. The molecule has 2 nitrogen and oxygen atoms in total. The Hall–Kier alpha value is -0.540. The molecule has 3 rings (SSSR count). The van der Waals surface area contributed by atoms with Gasteiger partial charge in [0.2, 0.25) is 0 Å². The Bertz CT molecular complexity index is 456. The normalized spacial score (nSPS) is 31.4. The summed E-state index contributed by atoms with van der Waals surface area (Å²) in [5.41, 5.74) is 0.709. The van der Waals surface area contributed by atoms with Crippen LogP contribution in [0.1, 0.15) is 50.7 Å². The van der Waals surface area contributed by atoms with Gasteiger partial charge in [0.15, 0.2) is 0 Å². The van der Waals surface area contributed by atoms with E-state index in [4.69, 9.17) is 4.74 Å². The summed E-state index contributed by atoms with van der Waals surface area (Å²) in [6.07, 6.45) is 5.36. The first-order valence-corrected chi connectivity index (χ1v) is 7.52. The van der Waals surface area contributed by atoms with Gasteiger partial charge in [-0.1, -0.05) is 35.2 Å². The summed E-state index contributed by atoms with van der Waals surface area (Å²) in [6, 6.07) is 5.89.